The minimum Gasteiger partial charge on any atom is -0.493 e. The van der Waals surface area contributed by atoms with Crippen LogP contribution in [-0.4, -0.2) is 33.5 Å². The van der Waals surface area contributed by atoms with Gasteiger partial charge in [-0.15, -0.1) is 11.8 Å². The molecule has 0 aromatic heterocycles. The minimum atomic E-state index is -0.393. The maximum atomic E-state index is 13.3. The van der Waals surface area contributed by atoms with Crippen molar-refractivity contribution < 1.29 is 19.0 Å². The van der Waals surface area contributed by atoms with Crippen molar-refractivity contribution in [3.8, 4) is 28.4 Å². The van der Waals surface area contributed by atoms with Gasteiger partial charge >= 0.3 is 0 Å². The Morgan fingerprint density at radius 3 is 2.47 bits per heavy atom. The van der Waals surface area contributed by atoms with Gasteiger partial charge in [-0.3, -0.25) is 9.59 Å². The van der Waals surface area contributed by atoms with Crippen molar-refractivity contribution in [2.24, 2.45) is 0 Å². The van der Waals surface area contributed by atoms with Crippen LogP contribution in [0.25, 0.3) is 11.1 Å². The third kappa shape index (κ3) is 4.92. The normalized spacial score (nSPS) is 14.2. The Morgan fingerprint density at radius 1 is 1.03 bits per heavy atom. The number of ether oxygens (including phenoxy) is 3. The predicted molar refractivity (Wildman–Crippen MR) is 147 cm³/mol. The third-order valence-corrected chi connectivity index (χ3v) is 7.56. The maximum Gasteiger partial charge on any atom is 0.251 e. The number of carbonyl (C=O) groups excluding carboxylic acids is 1. The Labute approximate surface area is 220 Å². The van der Waals surface area contributed by atoms with Crippen molar-refractivity contribution in [1.82, 2.24) is 5.32 Å². The number of rotatable bonds is 7. The van der Waals surface area contributed by atoms with E-state index in [0.717, 1.165) is 27.8 Å². The summed E-state index contributed by atoms with van der Waals surface area (Å²) in [4.78, 5) is 27.0. The van der Waals surface area contributed by atoms with Gasteiger partial charge in [-0.1, -0.05) is 18.2 Å². The van der Waals surface area contributed by atoms with Crippen LogP contribution in [0, 0.1) is 0 Å². The van der Waals surface area contributed by atoms with Crippen LogP contribution in [0.15, 0.2) is 58.2 Å². The fourth-order valence-electron chi connectivity index (χ4n) is 4.68. The lowest BCUT2D eigenvalue weighted by molar-refractivity contribution is 0.0935. The summed E-state index contributed by atoms with van der Waals surface area (Å²) in [7, 11) is 4.76. The molecule has 0 spiro atoms. The van der Waals surface area contributed by atoms with Crippen LogP contribution in [0.4, 0.5) is 0 Å². The highest BCUT2D eigenvalue weighted by Gasteiger charge is 2.29. The molecular formula is C28H29NO5S2. The predicted octanol–water partition coefficient (Wildman–Crippen LogP) is 5.31. The zero-order valence-electron chi connectivity index (χ0n) is 20.7. The number of fused-ring (bicyclic) bond motifs is 3. The molecule has 0 unspecified atom stereocenters. The van der Waals surface area contributed by atoms with E-state index in [2.05, 4.69) is 17.9 Å². The number of amides is 1. The van der Waals surface area contributed by atoms with E-state index in [1.54, 1.807) is 33.5 Å². The zero-order chi connectivity index (χ0) is 25.8. The Balaban J connectivity index is 1.90. The lowest BCUT2D eigenvalue weighted by atomic mass is 9.96. The van der Waals surface area contributed by atoms with Crippen molar-refractivity contribution >= 4 is 30.3 Å². The van der Waals surface area contributed by atoms with Gasteiger partial charge < -0.3 is 19.5 Å². The molecule has 3 aromatic rings. The second kappa shape index (κ2) is 11.3. The van der Waals surface area contributed by atoms with Crippen LogP contribution in [0.1, 0.15) is 39.5 Å². The molecule has 36 heavy (non-hydrogen) atoms. The highest BCUT2D eigenvalue weighted by atomic mass is 32.2. The second-order valence-electron chi connectivity index (χ2n) is 8.37. The molecule has 0 bridgehead atoms. The Bertz CT molecular complexity index is 1360. The smallest absolute Gasteiger partial charge is 0.251 e. The molecule has 0 aliphatic heterocycles. The molecule has 1 amide bonds. The molecule has 1 aliphatic rings. The molecule has 0 radical (unpaired) electrons. The van der Waals surface area contributed by atoms with Crippen LogP contribution < -0.4 is 25.0 Å². The van der Waals surface area contributed by atoms with Gasteiger partial charge in [0.15, 0.2) is 16.9 Å². The molecule has 0 saturated heterocycles. The van der Waals surface area contributed by atoms with Gasteiger partial charge in [0.2, 0.25) is 5.75 Å². The summed E-state index contributed by atoms with van der Waals surface area (Å²) in [6.45, 7) is 0. The highest BCUT2D eigenvalue weighted by molar-refractivity contribution is 7.98. The Morgan fingerprint density at radius 2 is 1.81 bits per heavy atom. The molecule has 1 aliphatic carbocycles. The van der Waals surface area contributed by atoms with Gasteiger partial charge in [0, 0.05) is 16.9 Å². The van der Waals surface area contributed by atoms with Gasteiger partial charge in [-0.05, 0) is 71.7 Å². The highest BCUT2D eigenvalue weighted by Crippen LogP contribution is 2.49. The van der Waals surface area contributed by atoms with Crippen molar-refractivity contribution in [2.45, 2.75) is 29.5 Å². The van der Waals surface area contributed by atoms with E-state index in [4.69, 9.17) is 14.2 Å². The molecular weight excluding hydrogens is 494 g/mol. The van der Waals surface area contributed by atoms with Gasteiger partial charge in [-0.2, -0.15) is 12.6 Å². The molecule has 0 fully saturated rings. The molecule has 188 valence electrons. The molecule has 4 rings (SSSR count). The fourth-order valence-corrected chi connectivity index (χ4v) is 5.34. The van der Waals surface area contributed by atoms with E-state index < -0.39 is 6.04 Å². The topological polar surface area (TPSA) is 73.9 Å². The number of methoxy groups -OCH3 is 3. The van der Waals surface area contributed by atoms with Crippen LogP contribution in [0.5, 0.6) is 17.2 Å². The second-order valence-corrected chi connectivity index (χ2v) is 9.54. The van der Waals surface area contributed by atoms with Gasteiger partial charge in [-0.25, -0.2) is 0 Å². The van der Waals surface area contributed by atoms with Crippen molar-refractivity contribution in [1.29, 1.82) is 0 Å². The molecule has 0 heterocycles. The summed E-state index contributed by atoms with van der Waals surface area (Å²) in [6, 6.07) is 14.3. The molecule has 6 nitrogen and oxygen atoms in total. The first-order chi connectivity index (χ1) is 17.4. The average Bonchev–Trinajstić information content (AvgIpc) is 3.15. The first-order valence-electron chi connectivity index (χ1n) is 11.5. The molecule has 1 atom stereocenters. The Kier molecular flexibility index (Phi) is 8.16. The standard InChI is InChI=1S/C28H29NO5S2/c1-32-24-14-20-18-9-11-25(36-4)23(30)13-21(18)22(10-8-19(20)26(33-2)27(24)34-3)29-28(31)17-7-5-6-16(12-17)15-35/h5-7,9,11-14,22,35H,8,10,15H2,1-4H3,(H,29,31)/t22-/m0/s1. The summed E-state index contributed by atoms with van der Waals surface area (Å²) in [5, 5.41) is 3.18. The molecule has 3 aromatic carbocycles. The number of thioether (sulfide) groups is 1. The first kappa shape index (κ1) is 26.0. The summed E-state index contributed by atoms with van der Waals surface area (Å²) in [6.07, 6.45) is 3.05. The van der Waals surface area contributed by atoms with Gasteiger partial charge in [0.1, 0.15) is 0 Å². The fraction of sp³-hybridized carbons (Fsp3) is 0.286. The lowest BCUT2D eigenvalue weighted by Crippen LogP contribution is -2.29. The van der Waals surface area contributed by atoms with E-state index in [0.29, 0.717) is 46.3 Å². The van der Waals surface area contributed by atoms with Crippen molar-refractivity contribution in [3.63, 3.8) is 0 Å². The zero-order valence-corrected chi connectivity index (χ0v) is 22.4. The number of hydrogen-bond acceptors (Lipinski definition) is 7. The number of thiol groups is 1. The van der Waals surface area contributed by atoms with Crippen LogP contribution in [-0.2, 0) is 12.2 Å². The largest absolute Gasteiger partial charge is 0.493 e. The number of carbonyl (C=O) groups is 1. The first-order valence-corrected chi connectivity index (χ1v) is 13.4. The third-order valence-electron chi connectivity index (χ3n) is 6.42. The van der Waals surface area contributed by atoms with Crippen LogP contribution >= 0.6 is 24.4 Å². The van der Waals surface area contributed by atoms with Gasteiger partial charge in [0.05, 0.1) is 32.3 Å². The van der Waals surface area contributed by atoms with Crippen LogP contribution in [0.2, 0.25) is 0 Å². The lowest BCUT2D eigenvalue weighted by Gasteiger charge is -2.19. The van der Waals surface area contributed by atoms with E-state index >= 15 is 0 Å². The van der Waals surface area contributed by atoms with Crippen molar-refractivity contribution in [2.75, 3.05) is 27.6 Å². The molecule has 0 saturated carbocycles. The average molecular weight is 524 g/mol. The Hall–Kier alpha value is -3.10. The summed E-state index contributed by atoms with van der Waals surface area (Å²) < 4.78 is 17.0. The SMILES string of the molecule is COc1cc2c(c(OC)c1OC)CC[C@H](NC(=O)c1cccc(CS)c1)c1cc(=O)c(SC)ccc1-2. The van der Waals surface area contributed by atoms with Crippen molar-refractivity contribution in [3.05, 3.63) is 81.0 Å². The van der Waals surface area contributed by atoms with E-state index in [-0.39, 0.29) is 11.3 Å². The minimum absolute atomic E-state index is 0.0871. The number of nitrogens with one attached hydrogen (secondary N) is 1. The van der Waals surface area contributed by atoms with Gasteiger partial charge in [0.25, 0.3) is 5.91 Å². The number of benzene rings is 2. The quantitative estimate of drug-likeness (QED) is 0.323. The number of hydrogen-bond donors (Lipinski definition) is 2. The monoisotopic (exact) mass is 523 g/mol. The summed E-state index contributed by atoms with van der Waals surface area (Å²) >= 11 is 5.72. The summed E-state index contributed by atoms with van der Waals surface area (Å²) in [5.41, 5.74) is 4.85. The summed E-state index contributed by atoms with van der Waals surface area (Å²) in [5.74, 6) is 1.97. The molecule has 8 heteroatoms. The maximum absolute atomic E-state index is 13.3. The molecule has 1 N–H and O–H groups in total. The van der Waals surface area contributed by atoms with Crippen LogP contribution in [0.3, 0.4) is 0 Å². The van der Waals surface area contributed by atoms with E-state index in [9.17, 15) is 9.59 Å². The van der Waals surface area contributed by atoms with E-state index in [1.807, 2.05) is 42.7 Å². The van der Waals surface area contributed by atoms with E-state index in [1.165, 1.54) is 11.8 Å².